The lowest BCUT2D eigenvalue weighted by Crippen LogP contribution is -1.97. The number of allylic oxidation sites excluding steroid dienone is 2. The Labute approximate surface area is 151 Å². The van der Waals surface area contributed by atoms with E-state index in [1.807, 2.05) is 48.5 Å². The second-order valence-electron chi connectivity index (χ2n) is 5.53. The second-order valence-corrected chi connectivity index (χ2v) is 6.45. The molecule has 24 heavy (non-hydrogen) atoms. The number of hydrogen-bond acceptors (Lipinski definition) is 1. The molecule has 0 aliphatic rings. The molecule has 0 amide bonds. The van der Waals surface area contributed by atoms with Gasteiger partial charge in [-0.25, -0.2) is 4.99 Å². The molecule has 0 bridgehead atoms. The van der Waals surface area contributed by atoms with Crippen LogP contribution in [0, 0.1) is 0 Å². The summed E-state index contributed by atoms with van der Waals surface area (Å²) in [7, 11) is 0. The minimum Gasteiger partial charge on any atom is -0.248 e. The zero-order valence-corrected chi connectivity index (χ0v) is 15.1. The average Bonchev–Trinajstić information content (AvgIpc) is 2.64. The van der Waals surface area contributed by atoms with E-state index in [0.717, 1.165) is 21.4 Å². The van der Waals surface area contributed by atoms with Crippen molar-refractivity contribution in [2.45, 2.75) is 6.92 Å². The van der Waals surface area contributed by atoms with Gasteiger partial charge in [0, 0.05) is 10.0 Å². The van der Waals surface area contributed by atoms with Crippen molar-refractivity contribution in [3.8, 4) is 0 Å². The van der Waals surface area contributed by atoms with Gasteiger partial charge in [0.05, 0.1) is 11.4 Å². The van der Waals surface area contributed by atoms with E-state index in [-0.39, 0.29) is 0 Å². The topological polar surface area (TPSA) is 12.4 Å². The van der Waals surface area contributed by atoms with Crippen LogP contribution in [0.15, 0.2) is 100 Å². The van der Waals surface area contributed by atoms with E-state index >= 15 is 0 Å². The zero-order valence-electron chi connectivity index (χ0n) is 13.5. The lowest BCUT2D eigenvalue weighted by Gasteiger charge is -2.06. The van der Waals surface area contributed by atoms with Gasteiger partial charge >= 0.3 is 0 Å². The summed E-state index contributed by atoms with van der Waals surface area (Å²) >= 11 is 3.47. The number of benzene rings is 3. The SMILES string of the molecule is C/C(=C\C(=Nc1ccc(Br)cc1)c1ccccc1)c1ccccc1. The molecular weight excluding hydrogens is 358 g/mol. The normalized spacial score (nSPS) is 12.2. The first-order valence-electron chi connectivity index (χ1n) is 7.86. The maximum atomic E-state index is 4.85. The lowest BCUT2D eigenvalue weighted by molar-refractivity contribution is 1.48. The number of halogens is 1. The van der Waals surface area contributed by atoms with Crippen molar-refractivity contribution in [3.63, 3.8) is 0 Å². The maximum Gasteiger partial charge on any atom is 0.0712 e. The summed E-state index contributed by atoms with van der Waals surface area (Å²) < 4.78 is 1.05. The van der Waals surface area contributed by atoms with Crippen molar-refractivity contribution >= 4 is 32.9 Å². The van der Waals surface area contributed by atoms with Crippen LogP contribution >= 0.6 is 15.9 Å². The molecule has 0 atom stereocenters. The fourth-order valence-electron chi connectivity index (χ4n) is 2.43. The average molecular weight is 376 g/mol. The zero-order chi connectivity index (χ0) is 16.8. The third-order valence-corrected chi connectivity index (χ3v) is 4.26. The molecule has 3 aromatic rings. The Hall–Kier alpha value is -2.45. The van der Waals surface area contributed by atoms with Crippen LogP contribution in [0.2, 0.25) is 0 Å². The highest BCUT2D eigenvalue weighted by atomic mass is 79.9. The van der Waals surface area contributed by atoms with Crippen LogP contribution in [-0.2, 0) is 0 Å². The molecule has 0 saturated carbocycles. The minimum absolute atomic E-state index is 0.939. The quantitative estimate of drug-likeness (QED) is 0.451. The molecule has 0 aliphatic heterocycles. The first-order chi connectivity index (χ1) is 11.7. The summed E-state index contributed by atoms with van der Waals surface area (Å²) in [5, 5.41) is 0. The largest absolute Gasteiger partial charge is 0.248 e. The standard InChI is InChI=1S/C22H18BrN/c1-17(18-8-4-2-5-9-18)16-22(19-10-6-3-7-11-19)24-21-14-12-20(23)13-15-21/h2-16H,1H3/b17-16+,24-22?. The Morgan fingerprint density at radius 3 is 1.88 bits per heavy atom. The van der Waals surface area contributed by atoms with Gasteiger partial charge in [0.25, 0.3) is 0 Å². The number of hydrogen-bond donors (Lipinski definition) is 0. The Bertz CT molecular complexity index is 847. The van der Waals surface area contributed by atoms with Gasteiger partial charge in [0.15, 0.2) is 0 Å². The van der Waals surface area contributed by atoms with Gasteiger partial charge in [0.1, 0.15) is 0 Å². The van der Waals surface area contributed by atoms with Crippen LogP contribution in [0.5, 0.6) is 0 Å². The number of aliphatic imine (C=N–C) groups is 1. The van der Waals surface area contributed by atoms with Gasteiger partial charge in [-0.3, -0.25) is 0 Å². The van der Waals surface area contributed by atoms with Crippen LogP contribution in [-0.4, -0.2) is 5.71 Å². The molecule has 118 valence electrons. The maximum absolute atomic E-state index is 4.85. The summed E-state index contributed by atoms with van der Waals surface area (Å²) in [6.45, 7) is 2.12. The first kappa shape index (κ1) is 16.4. The van der Waals surface area contributed by atoms with E-state index in [1.54, 1.807) is 0 Å². The van der Waals surface area contributed by atoms with Crippen LogP contribution < -0.4 is 0 Å². The van der Waals surface area contributed by atoms with Gasteiger partial charge in [-0.1, -0.05) is 76.6 Å². The van der Waals surface area contributed by atoms with Crippen molar-refractivity contribution in [2.75, 3.05) is 0 Å². The van der Waals surface area contributed by atoms with Gasteiger partial charge in [-0.15, -0.1) is 0 Å². The van der Waals surface area contributed by atoms with Crippen LogP contribution in [0.1, 0.15) is 18.1 Å². The molecule has 0 N–H and O–H groups in total. The van der Waals surface area contributed by atoms with Crippen LogP contribution in [0.3, 0.4) is 0 Å². The molecular formula is C22H18BrN. The number of nitrogens with zero attached hydrogens (tertiary/aromatic N) is 1. The smallest absolute Gasteiger partial charge is 0.0712 e. The molecule has 0 aromatic heterocycles. The van der Waals surface area contributed by atoms with Crippen molar-refractivity contribution < 1.29 is 0 Å². The second kappa shape index (κ2) is 7.89. The summed E-state index contributed by atoms with van der Waals surface area (Å²) in [6, 6.07) is 28.7. The molecule has 0 radical (unpaired) electrons. The van der Waals surface area contributed by atoms with E-state index < -0.39 is 0 Å². The van der Waals surface area contributed by atoms with Crippen LogP contribution in [0.25, 0.3) is 5.57 Å². The molecule has 0 aliphatic carbocycles. The highest BCUT2D eigenvalue weighted by Gasteiger charge is 2.03. The summed E-state index contributed by atoms with van der Waals surface area (Å²) in [5.41, 5.74) is 5.40. The van der Waals surface area contributed by atoms with E-state index in [0.29, 0.717) is 0 Å². The Kier molecular flexibility index (Phi) is 5.39. The summed E-state index contributed by atoms with van der Waals surface area (Å²) in [5.74, 6) is 0. The van der Waals surface area contributed by atoms with Crippen molar-refractivity contribution in [3.05, 3.63) is 107 Å². The fraction of sp³-hybridized carbons (Fsp3) is 0.0455. The molecule has 2 heteroatoms. The molecule has 0 heterocycles. The van der Waals surface area contributed by atoms with E-state index in [1.165, 1.54) is 11.1 Å². The van der Waals surface area contributed by atoms with Crippen molar-refractivity contribution in [2.24, 2.45) is 4.99 Å². The highest BCUT2D eigenvalue weighted by molar-refractivity contribution is 9.10. The van der Waals surface area contributed by atoms with Crippen LogP contribution in [0.4, 0.5) is 5.69 Å². The third-order valence-electron chi connectivity index (χ3n) is 3.73. The minimum atomic E-state index is 0.939. The van der Waals surface area contributed by atoms with E-state index in [4.69, 9.17) is 4.99 Å². The molecule has 0 saturated heterocycles. The third kappa shape index (κ3) is 4.30. The molecule has 0 fully saturated rings. The number of rotatable bonds is 4. The Morgan fingerprint density at radius 1 is 0.750 bits per heavy atom. The molecule has 1 nitrogen and oxygen atoms in total. The Morgan fingerprint density at radius 2 is 1.29 bits per heavy atom. The monoisotopic (exact) mass is 375 g/mol. The first-order valence-corrected chi connectivity index (χ1v) is 8.65. The summed E-state index contributed by atoms with van der Waals surface area (Å²) in [4.78, 5) is 4.85. The molecule has 3 rings (SSSR count). The van der Waals surface area contributed by atoms with E-state index in [2.05, 4.69) is 65.3 Å². The van der Waals surface area contributed by atoms with Gasteiger partial charge in [-0.2, -0.15) is 0 Å². The van der Waals surface area contributed by atoms with Crippen molar-refractivity contribution in [1.82, 2.24) is 0 Å². The fourth-order valence-corrected chi connectivity index (χ4v) is 2.70. The van der Waals surface area contributed by atoms with E-state index in [9.17, 15) is 0 Å². The van der Waals surface area contributed by atoms with Gasteiger partial charge in [0.2, 0.25) is 0 Å². The predicted octanol–water partition coefficient (Wildman–Crippen LogP) is 6.67. The lowest BCUT2D eigenvalue weighted by atomic mass is 10.0. The van der Waals surface area contributed by atoms with Crippen molar-refractivity contribution in [1.29, 1.82) is 0 Å². The Balaban J connectivity index is 2.04. The van der Waals surface area contributed by atoms with Gasteiger partial charge in [-0.05, 0) is 48.4 Å². The molecule has 0 unspecified atom stereocenters. The highest BCUT2D eigenvalue weighted by Crippen LogP contribution is 2.20. The molecule has 0 spiro atoms. The predicted molar refractivity (Wildman–Crippen MR) is 107 cm³/mol. The van der Waals surface area contributed by atoms with Gasteiger partial charge < -0.3 is 0 Å². The molecule has 3 aromatic carbocycles. The summed E-state index contributed by atoms with van der Waals surface area (Å²) in [6.07, 6.45) is 2.15.